The molecule has 2 nitrogen and oxygen atoms in total. The van der Waals surface area contributed by atoms with Crippen LogP contribution in [0.4, 0.5) is 0 Å². The molecule has 0 aromatic rings. The van der Waals surface area contributed by atoms with E-state index in [2.05, 4.69) is 65.2 Å². The van der Waals surface area contributed by atoms with Crippen molar-refractivity contribution in [1.82, 2.24) is 0 Å². The van der Waals surface area contributed by atoms with E-state index in [1.165, 1.54) is 38.5 Å². The summed E-state index contributed by atoms with van der Waals surface area (Å²) < 4.78 is 0. The molecule has 28 heavy (non-hydrogen) atoms. The third-order valence-electron chi connectivity index (χ3n) is 5.95. The smallest absolute Gasteiger partial charge is 0.0691 e. The van der Waals surface area contributed by atoms with E-state index in [0.717, 1.165) is 12.8 Å². The summed E-state index contributed by atoms with van der Waals surface area (Å²) in [5.74, 6) is 14.6. The molecule has 1 saturated carbocycles. The average Bonchev–Trinajstić information content (AvgIpc) is 2.63. The number of aliphatic hydroxyl groups is 2. The monoisotopic (exact) mass is 388 g/mol. The highest BCUT2D eigenvalue weighted by molar-refractivity contribution is 5.14. The van der Waals surface area contributed by atoms with E-state index in [1.54, 1.807) is 0 Å². The van der Waals surface area contributed by atoms with Crippen molar-refractivity contribution in [3.8, 4) is 23.7 Å². The molecule has 0 spiro atoms. The summed E-state index contributed by atoms with van der Waals surface area (Å²) in [7, 11) is 0. The van der Waals surface area contributed by atoms with Gasteiger partial charge in [-0.2, -0.15) is 0 Å². The molecule has 0 aliphatic heterocycles. The largest absolute Gasteiger partial charge is 0.392 e. The van der Waals surface area contributed by atoms with Crippen LogP contribution in [-0.2, 0) is 0 Å². The first kappa shape index (κ1) is 25.1. The van der Waals surface area contributed by atoms with Gasteiger partial charge in [-0.3, -0.25) is 0 Å². The Balaban J connectivity index is 0.000000219. The predicted molar refractivity (Wildman–Crippen MR) is 119 cm³/mol. The van der Waals surface area contributed by atoms with Crippen LogP contribution in [0.3, 0.4) is 0 Å². The molecule has 3 rings (SSSR count). The zero-order valence-corrected chi connectivity index (χ0v) is 19.2. The standard InChI is InChI=1S/2C10H16O.C6H12/c2*1-7(2)9-5-4-8(3)6-10(9)11;1-2-4-6-5-3-1/h2*7-11H,6H2,1-3H3;1-6H2. The highest BCUT2D eigenvalue weighted by Gasteiger charge is 2.25. The summed E-state index contributed by atoms with van der Waals surface area (Å²) in [5.41, 5.74) is 0. The average molecular weight is 389 g/mol. The Morgan fingerprint density at radius 2 is 0.857 bits per heavy atom. The second-order valence-corrected chi connectivity index (χ2v) is 9.65. The molecule has 0 saturated heterocycles. The lowest BCUT2D eigenvalue weighted by molar-refractivity contribution is 0.0903. The van der Waals surface area contributed by atoms with Gasteiger partial charge in [-0.25, -0.2) is 0 Å². The van der Waals surface area contributed by atoms with Crippen LogP contribution >= 0.6 is 0 Å². The highest BCUT2D eigenvalue weighted by atomic mass is 16.3. The van der Waals surface area contributed by atoms with E-state index in [9.17, 15) is 10.2 Å². The van der Waals surface area contributed by atoms with Crippen LogP contribution < -0.4 is 0 Å². The van der Waals surface area contributed by atoms with Gasteiger partial charge >= 0.3 is 0 Å². The summed E-state index contributed by atoms with van der Waals surface area (Å²) in [5, 5.41) is 19.2. The molecule has 160 valence electrons. The van der Waals surface area contributed by atoms with Crippen molar-refractivity contribution in [3.63, 3.8) is 0 Å². The lowest BCUT2D eigenvalue weighted by Gasteiger charge is -2.25. The van der Waals surface area contributed by atoms with Crippen LogP contribution in [-0.4, -0.2) is 22.4 Å². The Kier molecular flexibility index (Phi) is 11.9. The van der Waals surface area contributed by atoms with Gasteiger partial charge in [0, 0.05) is 23.7 Å². The van der Waals surface area contributed by atoms with E-state index >= 15 is 0 Å². The zero-order chi connectivity index (χ0) is 21.1. The van der Waals surface area contributed by atoms with Crippen molar-refractivity contribution in [3.05, 3.63) is 0 Å². The Morgan fingerprint density at radius 1 is 0.571 bits per heavy atom. The predicted octanol–water partition coefficient (Wildman–Crippen LogP) is 5.67. The third-order valence-corrected chi connectivity index (χ3v) is 5.95. The second kappa shape index (κ2) is 13.3. The Morgan fingerprint density at radius 3 is 1.07 bits per heavy atom. The first-order chi connectivity index (χ1) is 13.2. The molecule has 0 bridgehead atoms. The lowest BCUT2D eigenvalue weighted by atomic mass is 9.82. The van der Waals surface area contributed by atoms with Crippen LogP contribution in [0, 0.1) is 59.2 Å². The van der Waals surface area contributed by atoms with Crippen LogP contribution in [0.1, 0.15) is 92.9 Å². The van der Waals surface area contributed by atoms with E-state index < -0.39 is 0 Å². The van der Waals surface area contributed by atoms with Crippen molar-refractivity contribution in [2.45, 2.75) is 105 Å². The van der Waals surface area contributed by atoms with E-state index in [4.69, 9.17) is 0 Å². The van der Waals surface area contributed by atoms with Gasteiger partial charge in [-0.15, -0.1) is 0 Å². The Hall–Kier alpha value is -0.960. The number of hydrogen-bond donors (Lipinski definition) is 2. The van der Waals surface area contributed by atoms with Crippen molar-refractivity contribution >= 4 is 0 Å². The van der Waals surface area contributed by atoms with Crippen molar-refractivity contribution in [2.75, 3.05) is 0 Å². The van der Waals surface area contributed by atoms with Crippen molar-refractivity contribution in [2.24, 2.45) is 35.5 Å². The minimum absolute atomic E-state index is 0.200. The maximum absolute atomic E-state index is 9.61. The first-order valence-electron chi connectivity index (χ1n) is 11.6. The number of rotatable bonds is 2. The minimum Gasteiger partial charge on any atom is -0.392 e. The molecule has 6 atom stereocenters. The maximum Gasteiger partial charge on any atom is 0.0691 e. The Labute approximate surface area is 174 Å². The second-order valence-electron chi connectivity index (χ2n) is 9.65. The summed E-state index contributed by atoms with van der Waals surface area (Å²) in [4.78, 5) is 0. The number of aliphatic hydroxyl groups excluding tert-OH is 2. The fourth-order valence-electron chi connectivity index (χ4n) is 4.09. The fraction of sp³-hybridized carbons (Fsp3) is 0.846. The number of hydrogen-bond acceptors (Lipinski definition) is 2. The summed E-state index contributed by atoms with van der Waals surface area (Å²) in [6, 6.07) is 0. The molecule has 0 aromatic heterocycles. The quantitative estimate of drug-likeness (QED) is 0.599. The molecular formula is C26H44O2. The molecule has 0 aromatic carbocycles. The van der Waals surface area contributed by atoms with Crippen LogP contribution in [0.5, 0.6) is 0 Å². The van der Waals surface area contributed by atoms with Gasteiger partial charge in [0.1, 0.15) is 0 Å². The zero-order valence-electron chi connectivity index (χ0n) is 19.2. The van der Waals surface area contributed by atoms with Gasteiger partial charge in [0.2, 0.25) is 0 Å². The normalized spacial score (nSPS) is 33.9. The minimum atomic E-state index is -0.203. The van der Waals surface area contributed by atoms with Crippen LogP contribution in [0.25, 0.3) is 0 Å². The molecule has 1 fully saturated rings. The summed E-state index contributed by atoms with van der Waals surface area (Å²) in [6.45, 7) is 12.6. The van der Waals surface area contributed by atoms with Crippen LogP contribution in [0.2, 0.25) is 0 Å². The first-order valence-corrected chi connectivity index (χ1v) is 11.6. The van der Waals surface area contributed by atoms with Crippen molar-refractivity contribution in [1.29, 1.82) is 0 Å². The maximum atomic E-state index is 9.61. The van der Waals surface area contributed by atoms with Gasteiger partial charge in [-0.05, 0) is 24.7 Å². The molecular weight excluding hydrogens is 344 g/mol. The van der Waals surface area contributed by atoms with Gasteiger partial charge in [0.25, 0.3) is 0 Å². The third kappa shape index (κ3) is 9.49. The molecule has 2 heteroatoms. The van der Waals surface area contributed by atoms with Gasteiger partial charge in [0.15, 0.2) is 0 Å². The molecule has 3 aliphatic rings. The van der Waals surface area contributed by atoms with E-state index in [1.807, 2.05) is 0 Å². The van der Waals surface area contributed by atoms with Gasteiger partial charge in [0.05, 0.1) is 12.2 Å². The Bertz CT molecular complexity index is 483. The van der Waals surface area contributed by atoms with E-state index in [-0.39, 0.29) is 24.0 Å². The topological polar surface area (TPSA) is 40.5 Å². The molecule has 0 heterocycles. The molecule has 6 unspecified atom stereocenters. The van der Waals surface area contributed by atoms with Gasteiger partial charge in [-0.1, -0.05) is 104 Å². The molecule has 0 amide bonds. The fourth-order valence-corrected chi connectivity index (χ4v) is 4.09. The van der Waals surface area contributed by atoms with Crippen molar-refractivity contribution < 1.29 is 10.2 Å². The molecule has 0 radical (unpaired) electrons. The van der Waals surface area contributed by atoms with E-state index in [0.29, 0.717) is 23.7 Å². The van der Waals surface area contributed by atoms with Crippen LogP contribution in [0.15, 0.2) is 0 Å². The SMILES string of the molecule is C1CCCCC1.CC1C#CC(C(C)C)C(O)C1.CC1C#CC(C(C)C)C(O)C1. The summed E-state index contributed by atoms with van der Waals surface area (Å²) >= 11 is 0. The van der Waals surface area contributed by atoms with Gasteiger partial charge < -0.3 is 10.2 Å². The molecule has 2 N–H and O–H groups in total. The highest BCUT2D eigenvalue weighted by Crippen LogP contribution is 2.24. The molecule has 3 aliphatic carbocycles. The lowest BCUT2D eigenvalue weighted by Crippen LogP contribution is -2.28. The summed E-state index contributed by atoms with van der Waals surface area (Å²) in [6.07, 6.45) is 10.3.